The van der Waals surface area contributed by atoms with Gasteiger partial charge in [-0.3, -0.25) is 9.79 Å². The maximum absolute atomic E-state index is 12.0. The van der Waals surface area contributed by atoms with Crippen molar-refractivity contribution in [3.63, 3.8) is 0 Å². The summed E-state index contributed by atoms with van der Waals surface area (Å²) < 4.78 is 5.12. The Kier molecular flexibility index (Phi) is 12.9. The molecule has 0 bridgehead atoms. The predicted octanol–water partition coefficient (Wildman–Crippen LogP) is 2.92. The number of guanidine groups is 1. The molecule has 1 rings (SSSR count). The van der Waals surface area contributed by atoms with E-state index in [-0.39, 0.29) is 36.4 Å². The lowest BCUT2D eigenvalue weighted by Gasteiger charge is -2.18. The van der Waals surface area contributed by atoms with Crippen LogP contribution in [0.15, 0.2) is 29.3 Å². The van der Waals surface area contributed by atoms with Gasteiger partial charge in [-0.15, -0.1) is 24.0 Å². The Morgan fingerprint density at radius 3 is 2.31 bits per heavy atom. The molecule has 3 N–H and O–H groups in total. The first kappa shape index (κ1) is 24.5. The summed E-state index contributed by atoms with van der Waals surface area (Å²) >= 11 is 0. The number of carbonyl (C=O) groups excluding carboxylic acids is 1. The van der Waals surface area contributed by atoms with E-state index in [0.717, 1.165) is 24.2 Å². The molecular weight excluding hydrogens is 443 g/mol. The van der Waals surface area contributed by atoms with Crippen LogP contribution in [0.2, 0.25) is 0 Å². The summed E-state index contributed by atoms with van der Waals surface area (Å²) in [6, 6.07) is 7.94. The van der Waals surface area contributed by atoms with E-state index in [1.54, 1.807) is 14.2 Å². The molecule has 0 heterocycles. The third-order valence-corrected chi connectivity index (χ3v) is 3.85. The predicted molar refractivity (Wildman–Crippen MR) is 118 cm³/mol. The molecule has 1 atom stereocenters. The minimum absolute atomic E-state index is 0. The Balaban J connectivity index is 0.00000625. The van der Waals surface area contributed by atoms with Crippen molar-refractivity contribution in [3.8, 4) is 5.75 Å². The minimum Gasteiger partial charge on any atom is -0.497 e. The molecule has 0 aromatic heterocycles. The zero-order valence-electron chi connectivity index (χ0n) is 16.5. The Morgan fingerprint density at radius 1 is 1.12 bits per heavy atom. The van der Waals surface area contributed by atoms with E-state index in [2.05, 4.69) is 41.7 Å². The summed E-state index contributed by atoms with van der Waals surface area (Å²) in [4.78, 5) is 16.1. The fourth-order valence-electron chi connectivity index (χ4n) is 2.25. The van der Waals surface area contributed by atoms with E-state index in [0.29, 0.717) is 24.5 Å². The van der Waals surface area contributed by atoms with Crippen LogP contribution in [-0.4, -0.2) is 38.6 Å². The van der Waals surface area contributed by atoms with Crippen molar-refractivity contribution in [2.75, 3.05) is 20.7 Å². The molecule has 0 spiro atoms. The maximum atomic E-state index is 12.0. The van der Waals surface area contributed by atoms with Crippen molar-refractivity contribution in [1.82, 2.24) is 16.0 Å². The maximum Gasteiger partial charge on any atom is 0.239 e. The van der Waals surface area contributed by atoms with Gasteiger partial charge in [0, 0.05) is 19.6 Å². The standard InChI is InChI=1S/C19H32N4O2.HI/c1-14(2)6-7-15(3)23-19(20-4)22-13-18(24)21-12-16-8-10-17(25-5)11-9-16;/h8-11,14-15H,6-7,12-13H2,1-5H3,(H,21,24)(H2,20,22,23);1H. The Labute approximate surface area is 174 Å². The Hall–Kier alpha value is -1.51. The highest BCUT2D eigenvalue weighted by atomic mass is 127. The van der Waals surface area contributed by atoms with Gasteiger partial charge in [0.25, 0.3) is 0 Å². The zero-order valence-corrected chi connectivity index (χ0v) is 18.8. The highest BCUT2D eigenvalue weighted by molar-refractivity contribution is 14.0. The Bertz CT molecular complexity index is 547. The van der Waals surface area contributed by atoms with E-state index < -0.39 is 0 Å². The van der Waals surface area contributed by atoms with Gasteiger partial charge in [-0.1, -0.05) is 26.0 Å². The average molecular weight is 476 g/mol. The summed E-state index contributed by atoms with van der Waals surface area (Å²) in [5.74, 6) is 2.06. The quantitative estimate of drug-likeness (QED) is 0.291. The van der Waals surface area contributed by atoms with Gasteiger partial charge in [0.05, 0.1) is 13.7 Å². The van der Waals surface area contributed by atoms with Gasteiger partial charge in [-0.05, 0) is 43.4 Å². The number of aliphatic imine (C=N–C) groups is 1. The van der Waals surface area contributed by atoms with Crippen molar-refractivity contribution in [2.45, 2.75) is 46.2 Å². The summed E-state index contributed by atoms with van der Waals surface area (Å²) in [6.45, 7) is 7.23. The van der Waals surface area contributed by atoms with Crippen LogP contribution in [-0.2, 0) is 11.3 Å². The normalized spacial score (nSPS) is 12.2. The van der Waals surface area contributed by atoms with Crippen molar-refractivity contribution in [2.24, 2.45) is 10.9 Å². The minimum atomic E-state index is -0.0754. The molecule has 1 aromatic rings. The molecule has 0 fully saturated rings. The van der Waals surface area contributed by atoms with Gasteiger partial charge >= 0.3 is 0 Å². The number of carbonyl (C=O) groups is 1. The van der Waals surface area contributed by atoms with Crippen molar-refractivity contribution in [1.29, 1.82) is 0 Å². The van der Waals surface area contributed by atoms with Gasteiger partial charge in [-0.2, -0.15) is 0 Å². The number of benzene rings is 1. The lowest BCUT2D eigenvalue weighted by Crippen LogP contribution is -2.46. The molecule has 7 heteroatoms. The molecule has 0 aliphatic heterocycles. The van der Waals surface area contributed by atoms with E-state index in [1.807, 2.05) is 24.3 Å². The molecule has 0 radical (unpaired) electrons. The van der Waals surface area contributed by atoms with Crippen LogP contribution in [0.5, 0.6) is 5.75 Å². The Morgan fingerprint density at radius 2 is 1.77 bits per heavy atom. The molecule has 1 amide bonds. The third kappa shape index (κ3) is 10.5. The molecule has 148 valence electrons. The van der Waals surface area contributed by atoms with Crippen LogP contribution in [0.25, 0.3) is 0 Å². The topological polar surface area (TPSA) is 74.8 Å². The van der Waals surface area contributed by atoms with Crippen molar-refractivity contribution < 1.29 is 9.53 Å². The second kappa shape index (κ2) is 13.7. The smallest absolute Gasteiger partial charge is 0.239 e. The van der Waals surface area contributed by atoms with Gasteiger partial charge in [0.2, 0.25) is 5.91 Å². The molecule has 1 unspecified atom stereocenters. The van der Waals surface area contributed by atoms with Gasteiger partial charge in [0.15, 0.2) is 5.96 Å². The highest BCUT2D eigenvalue weighted by Gasteiger charge is 2.08. The molecule has 0 saturated carbocycles. The number of ether oxygens (including phenoxy) is 1. The largest absolute Gasteiger partial charge is 0.497 e. The molecule has 26 heavy (non-hydrogen) atoms. The summed E-state index contributed by atoms with van der Waals surface area (Å²) in [6.07, 6.45) is 2.23. The van der Waals surface area contributed by atoms with Gasteiger partial charge < -0.3 is 20.7 Å². The first-order valence-corrected chi connectivity index (χ1v) is 8.81. The number of hydrogen-bond acceptors (Lipinski definition) is 3. The lowest BCUT2D eigenvalue weighted by atomic mass is 10.0. The number of rotatable bonds is 9. The number of halogens is 1. The number of methoxy groups -OCH3 is 1. The molecular formula is C19H33IN4O2. The summed E-state index contributed by atoms with van der Waals surface area (Å²) in [7, 11) is 3.34. The second-order valence-electron chi connectivity index (χ2n) is 6.57. The SMILES string of the molecule is CN=C(NCC(=O)NCc1ccc(OC)cc1)NC(C)CCC(C)C.I. The fourth-order valence-corrected chi connectivity index (χ4v) is 2.25. The molecule has 0 saturated heterocycles. The van der Waals surface area contributed by atoms with Gasteiger partial charge in [0.1, 0.15) is 5.75 Å². The highest BCUT2D eigenvalue weighted by Crippen LogP contribution is 2.10. The van der Waals surface area contributed by atoms with Crippen LogP contribution in [0.1, 0.15) is 39.2 Å². The van der Waals surface area contributed by atoms with Crippen LogP contribution < -0.4 is 20.7 Å². The molecule has 1 aromatic carbocycles. The van der Waals surface area contributed by atoms with E-state index in [9.17, 15) is 4.79 Å². The fraction of sp³-hybridized carbons (Fsp3) is 0.579. The first-order valence-electron chi connectivity index (χ1n) is 8.81. The van der Waals surface area contributed by atoms with Gasteiger partial charge in [-0.25, -0.2) is 0 Å². The number of nitrogens with one attached hydrogen (secondary N) is 3. The lowest BCUT2D eigenvalue weighted by molar-refractivity contribution is -0.120. The number of nitrogens with zero attached hydrogens (tertiary/aromatic N) is 1. The monoisotopic (exact) mass is 476 g/mol. The molecule has 0 aliphatic carbocycles. The average Bonchev–Trinajstić information content (AvgIpc) is 2.62. The number of amides is 1. The van der Waals surface area contributed by atoms with Crippen LogP contribution >= 0.6 is 24.0 Å². The molecule has 0 aliphatic rings. The third-order valence-electron chi connectivity index (χ3n) is 3.85. The van der Waals surface area contributed by atoms with Crippen LogP contribution in [0.3, 0.4) is 0 Å². The summed E-state index contributed by atoms with van der Waals surface area (Å²) in [5.41, 5.74) is 1.03. The second-order valence-corrected chi connectivity index (χ2v) is 6.57. The van der Waals surface area contributed by atoms with Crippen molar-refractivity contribution in [3.05, 3.63) is 29.8 Å². The molecule has 6 nitrogen and oxygen atoms in total. The number of hydrogen-bond donors (Lipinski definition) is 3. The van der Waals surface area contributed by atoms with Crippen LogP contribution in [0.4, 0.5) is 0 Å². The van der Waals surface area contributed by atoms with E-state index in [1.165, 1.54) is 0 Å². The summed E-state index contributed by atoms with van der Waals surface area (Å²) in [5, 5.41) is 9.24. The van der Waals surface area contributed by atoms with Crippen molar-refractivity contribution >= 4 is 35.8 Å². The van der Waals surface area contributed by atoms with E-state index in [4.69, 9.17) is 4.74 Å². The van der Waals surface area contributed by atoms with Crippen LogP contribution in [0, 0.1) is 5.92 Å². The zero-order chi connectivity index (χ0) is 18.7. The van der Waals surface area contributed by atoms with E-state index >= 15 is 0 Å². The first-order chi connectivity index (χ1) is 11.9.